The van der Waals surface area contributed by atoms with Gasteiger partial charge in [-0.25, -0.2) is 15.0 Å². The van der Waals surface area contributed by atoms with Crippen LogP contribution in [-0.2, 0) is 22.6 Å². The van der Waals surface area contributed by atoms with Gasteiger partial charge in [-0.15, -0.1) is 0 Å². The van der Waals surface area contributed by atoms with E-state index in [0.717, 1.165) is 63.2 Å². The number of fused-ring (bicyclic) bond motifs is 1. The third-order valence-corrected chi connectivity index (χ3v) is 5.13. The van der Waals surface area contributed by atoms with Crippen molar-refractivity contribution in [3.63, 3.8) is 0 Å². The van der Waals surface area contributed by atoms with Gasteiger partial charge >= 0.3 is 0 Å². The second kappa shape index (κ2) is 7.49. The zero-order chi connectivity index (χ0) is 17.1. The van der Waals surface area contributed by atoms with Gasteiger partial charge < -0.3 is 18.9 Å². The van der Waals surface area contributed by atoms with Crippen molar-refractivity contribution in [2.45, 2.75) is 39.0 Å². The van der Waals surface area contributed by atoms with E-state index < -0.39 is 0 Å². The first-order chi connectivity index (χ1) is 12.3. The Bertz CT molecular complexity index is 684. The number of aromatic nitrogens is 4. The van der Waals surface area contributed by atoms with E-state index in [1.165, 1.54) is 0 Å². The first-order valence-electron chi connectivity index (χ1n) is 9.06. The molecule has 0 aliphatic carbocycles. The summed E-state index contributed by atoms with van der Waals surface area (Å²) >= 11 is 0. The largest absolute Gasteiger partial charge is 0.381 e. The Balaban J connectivity index is 1.39. The highest BCUT2D eigenvalue weighted by molar-refractivity contribution is 5.34. The van der Waals surface area contributed by atoms with E-state index in [1.807, 2.05) is 12.3 Å². The highest BCUT2D eigenvalue weighted by Gasteiger charge is 2.28. The lowest BCUT2D eigenvalue weighted by molar-refractivity contribution is 0.0143. The second-order valence-corrected chi connectivity index (χ2v) is 6.75. The molecule has 0 saturated carbocycles. The maximum Gasteiger partial charge on any atom is 0.225 e. The number of hydrogen-bond donors (Lipinski definition) is 0. The maximum absolute atomic E-state index is 5.98. The average Bonchev–Trinajstić information content (AvgIpc) is 3.08. The van der Waals surface area contributed by atoms with Gasteiger partial charge in [-0.05, 0) is 31.7 Å². The summed E-state index contributed by atoms with van der Waals surface area (Å²) in [6.45, 7) is 7.08. The van der Waals surface area contributed by atoms with Crippen molar-refractivity contribution < 1.29 is 9.47 Å². The molecule has 4 heterocycles. The van der Waals surface area contributed by atoms with Crippen LogP contribution < -0.4 is 4.90 Å². The minimum absolute atomic E-state index is 0.153. The van der Waals surface area contributed by atoms with Crippen molar-refractivity contribution in [3.8, 4) is 0 Å². The summed E-state index contributed by atoms with van der Waals surface area (Å²) in [7, 11) is 0. The fraction of sp³-hybridized carbons (Fsp3) is 0.611. The van der Waals surface area contributed by atoms with Gasteiger partial charge in [-0.3, -0.25) is 0 Å². The fourth-order valence-corrected chi connectivity index (χ4v) is 3.63. The highest BCUT2D eigenvalue weighted by Crippen LogP contribution is 2.28. The van der Waals surface area contributed by atoms with Crippen molar-refractivity contribution in [1.82, 2.24) is 19.5 Å². The molecule has 1 fully saturated rings. The molecule has 0 bridgehead atoms. The lowest BCUT2D eigenvalue weighted by Gasteiger charge is -2.34. The van der Waals surface area contributed by atoms with E-state index in [4.69, 9.17) is 9.47 Å². The van der Waals surface area contributed by atoms with Crippen LogP contribution >= 0.6 is 0 Å². The summed E-state index contributed by atoms with van der Waals surface area (Å²) in [6.07, 6.45) is 7.73. The average molecular weight is 343 g/mol. The van der Waals surface area contributed by atoms with Crippen LogP contribution in [0.15, 0.2) is 24.7 Å². The summed E-state index contributed by atoms with van der Waals surface area (Å²) in [4.78, 5) is 15.6. The third kappa shape index (κ3) is 3.52. The number of rotatable bonds is 5. The monoisotopic (exact) mass is 343 g/mol. The molecule has 0 aromatic carbocycles. The van der Waals surface area contributed by atoms with Crippen LogP contribution in [-0.4, -0.2) is 45.9 Å². The normalized spacial score (nSPS) is 21.3. The van der Waals surface area contributed by atoms with E-state index >= 15 is 0 Å². The Hall–Kier alpha value is -1.99. The van der Waals surface area contributed by atoms with Crippen LogP contribution in [0.3, 0.4) is 0 Å². The van der Waals surface area contributed by atoms with Gasteiger partial charge in [-0.1, -0.05) is 0 Å². The quantitative estimate of drug-likeness (QED) is 0.829. The minimum Gasteiger partial charge on any atom is -0.381 e. The van der Waals surface area contributed by atoms with Crippen molar-refractivity contribution in [2.75, 3.05) is 31.3 Å². The van der Waals surface area contributed by atoms with Crippen molar-refractivity contribution in [2.24, 2.45) is 5.92 Å². The van der Waals surface area contributed by atoms with Crippen LogP contribution in [0.1, 0.15) is 37.3 Å². The van der Waals surface area contributed by atoms with Crippen LogP contribution in [0.5, 0.6) is 0 Å². The zero-order valence-corrected chi connectivity index (χ0v) is 14.7. The summed E-state index contributed by atoms with van der Waals surface area (Å²) in [5.74, 6) is 2.45. The summed E-state index contributed by atoms with van der Waals surface area (Å²) in [6, 6.07) is 1.99. The molecule has 7 heteroatoms. The topological polar surface area (TPSA) is 65.3 Å². The minimum atomic E-state index is 0.153. The summed E-state index contributed by atoms with van der Waals surface area (Å²) in [5.41, 5.74) is 1.16. The molecule has 2 aromatic rings. The molecule has 134 valence electrons. The molecule has 25 heavy (non-hydrogen) atoms. The number of ether oxygens (including phenoxy) is 2. The third-order valence-electron chi connectivity index (χ3n) is 5.13. The molecule has 1 atom stereocenters. The smallest absolute Gasteiger partial charge is 0.225 e. The van der Waals surface area contributed by atoms with Gasteiger partial charge in [0.1, 0.15) is 5.82 Å². The van der Waals surface area contributed by atoms with Crippen LogP contribution in [0.2, 0.25) is 0 Å². The Kier molecular flexibility index (Phi) is 4.94. The predicted molar refractivity (Wildman–Crippen MR) is 93.2 cm³/mol. The molecule has 2 aromatic heterocycles. The molecule has 0 radical (unpaired) electrons. The molecular formula is C18H25N5O2. The van der Waals surface area contributed by atoms with E-state index in [1.54, 1.807) is 12.4 Å². The standard InChI is InChI=1S/C18H25N5O2/c1-14-17-21-11-16(13-25-12-15-3-9-24-10-4-15)23(17)8-7-22(14)18-19-5-2-6-20-18/h2,5-6,11,14-15H,3-4,7-10,12-13H2,1H3. The number of imidazole rings is 1. The van der Waals surface area contributed by atoms with E-state index in [2.05, 4.69) is 31.3 Å². The lowest BCUT2D eigenvalue weighted by atomic mass is 10.0. The molecule has 0 amide bonds. The van der Waals surface area contributed by atoms with Gasteiger partial charge in [0.15, 0.2) is 0 Å². The van der Waals surface area contributed by atoms with Crippen LogP contribution in [0.25, 0.3) is 0 Å². The molecule has 1 saturated heterocycles. The fourth-order valence-electron chi connectivity index (χ4n) is 3.63. The SMILES string of the molecule is CC1c2ncc(COCC3CCOCC3)n2CCN1c1ncccn1. The molecule has 2 aliphatic heterocycles. The number of hydrogen-bond acceptors (Lipinski definition) is 6. The summed E-state index contributed by atoms with van der Waals surface area (Å²) in [5, 5.41) is 0. The Labute approximate surface area is 148 Å². The highest BCUT2D eigenvalue weighted by atomic mass is 16.5. The van der Waals surface area contributed by atoms with Crippen LogP contribution in [0, 0.1) is 5.92 Å². The molecule has 0 N–H and O–H groups in total. The lowest BCUT2D eigenvalue weighted by Crippen LogP contribution is -2.38. The molecule has 4 rings (SSSR count). The molecule has 2 aliphatic rings. The van der Waals surface area contributed by atoms with Gasteiger partial charge in [-0.2, -0.15) is 0 Å². The predicted octanol–water partition coefficient (Wildman–Crippen LogP) is 2.20. The van der Waals surface area contributed by atoms with Gasteiger partial charge in [0.05, 0.1) is 31.1 Å². The second-order valence-electron chi connectivity index (χ2n) is 6.75. The molecular weight excluding hydrogens is 318 g/mol. The van der Waals surface area contributed by atoms with Crippen molar-refractivity contribution in [3.05, 3.63) is 36.2 Å². The van der Waals surface area contributed by atoms with Gasteiger partial charge in [0.2, 0.25) is 5.95 Å². The van der Waals surface area contributed by atoms with E-state index in [0.29, 0.717) is 12.5 Å². The molecule has 0 spiro atoms. The molecule has 1 unspecified atom stereocenters. The van der Waals surface area contributed by atoms with Gasteiger partial charge in [0, 0.05) is 38.7 Å². The van der Waals surface area contributed by atoms with Gasteiger partial charge in [0.25, 0.3) is 0 Å². The Morgan fingerprint density at radius 3 is 2.76 bits per heavy atom. The Morgan fingerprint density at radius 1 is 1.16 bits per heavy atom. The number of nitrogens with zero attached hydrogens (tertiary/aromatic N) is 5. The Morgan fingerprint density at radius 2 is 1.96 bits per heavy atom. The first kappa shape index (κ1) is 16.5. The van der Waals surface area contributed by atoms with Crippen molar-refractivity contribution >= 4 is 5.95 Å². The van der Waals surface area contributed by atoms with Crippen LogP contribution in [0.4, 0.5) is 5.95 Å². The summed E-state index contributed by atoms with van der Waals surface area (Å²) < 4.78 is 13.7. The number of anilines is 1. The first-order valence-corrected chi connectivity index (χ1v) is 9.06. The van der Waals surface area contributed by atoms with E-state index in [-0.39, 0.29) is 6.04 Å². The van der Waals surface area contributed by atoms with Crippen molar-refractivity contribution in [1.29, 1.82) is 0 Å². The zero-order valence-electron chi connectivity index (χ0n) is 14.7. The molecule has 7 nitrogen and oxygen atoms in total. The van der Waals surface area contributed by atoms with E-state index in [9.17, 15) is 0 Å². The maximum atomic E-state index is 5.98.